The molecule has 0 unspecified atom stereocenters. The van der Waals surface area contributed by atoms with Gasteiger partial charge in [-0.05, 0) is 64.3 Å². The van der Waals surface area contributed by atoms with Crippen LogP contribution in [0.25, 0.3) is 11.1 Å². The molecule has 3 rings (SSSR count). The van der Waals surface area contributed by atoms with E-state index in [2.05, 4.69) is 15.5 Å². The fourth-order valence-corrected chi connectivity index (χ4v) is 3.61. The maximum atomic E-state index is 13.0. The molecule has 0 spiro atoms. The number of nitrogens with zero attached hydrogens (tertiary/aromatic N) is 3. The summed E-state index contributed by atoms with van der Waals surface area (Å²) in [7, 11) is 0. The van der Waals surface area contributed by atoms with Crippen molar-refractivity contribution in [2.24, 2.45) is 0 Å². The van der Waals surface area contributed by atoms with Crippen molar-refractivity contribution in [3.63, 3.8) is 0 Å². The zero-order valence-electron chi connectivity index (χ0n) is 20.4. The summed E-state index contributed by atoms with van der Waals surface area (Å²) in [6.45, 7) is 10.4. The molecule has 2 aromatic heterocycles. The van der Waals surface area contributed by atoms with Crippen LogP contribution in [-0.4, -0.2) is 52.0 Å². The molecule has 1 atom stereocenters. The van der Waals surface area contributed by atoms with E-state index in [0.29, 0.717) is 28.9 Å². The number of nitrogens with one attached hydrogen (secondary N) is 1. The number of anilines is 1. The zero-order valence-corrected chi connectivity index (χ0v) is 20.4. The van der Waals surface area contributed by atoms with Crippen molar-refractivity contribution in [3.8, 4) is 0 Å². The van der Waals surface area contributed by atoms with Gasteiger partial charge in [0.2, 0.25) is 5.91 Å². The highest BCUT2D eigenvalue weighted by atomic mass is 16.5. The van der Waals surface area contributed by atoms with E-state index in [0.717, 1.165) is 11.1 Å². The van der Waals surface area contributed by atoms with E-state index in [1.165, 1.54) is 4.90 Å². The average molecular weight is 467 g/mol. The Morgan fingerprint density at radius 1 is 1.18 bits per heavy atom. The van der Waals surface area contributed by atoms with Crippen molar-refractivity contribution in [1.29, 1.82) is 0 Å². The number of rotatable bonds is 8. The van der Waals surface area contributed by atoms with Gasteiger partial charge in [-0.3, -0.25) is 9.59 Å². The summed E-state index contributed by atoms with van der Waals surface area (Å²) in [6, 6.07) is 7.01. The predicted molar refractivity (Wildman–Crippen MR) is 128 cm³/mol. The highest BCUT2D eigenvalue weighted by Gasteiger charge is 2.25. The monoisotopic (exact) mass is 466 g/mol. The number of carbonyl (C=O) groups excluding carboxylic acids is 3. The largest absolute Gasteiger partial charge is 0.452 e. The van der Waals surface area contributed by atoms with Gasteiger partial charge in [-0.15, -0.1) is 0 Å². The van der Waals surface area contributed by atoms with Crippen LogP contribution in [0.3, 0.4) is 0 Å². The summed E-state index contributed by atoms with van der Waals surface area (Å²) in [5.41, 5.74) is 4.26. The van der Waals surface area contributed by atoms with Gasteiger partial charge < -0.3 is 19.5 Å². The number of pyridine rings is 1. The molecule has 0 radical (unpaired) electrons. The molecule has 1 aromatic carbocycles. The molecule has 0 aliphatic heterocycles. The second-order valence-corrected chi connectivity index (χ2v) is 8.41. The molecule has 1 N–H and O–H groups in total. The van der Waals surface area contributed by atoms with Crippen LogP contribution in [-0.2, 0) is 14.3 Å². The quantitative estimate of drug-likeness (QED) is 0.501. The molecule has 3 aromatic rings. The Labute approximate surface area is 198 Å². The Balaban J connectivity index is 1.70. The normalized spacial score (nSPS) is 11.8. The minimum Gasteiger partial charge on any atom is -0.452 e. The summed E-state index contributed by atoms with van der Waals surface area (Å²) in [4.78, 5) is 44.1. The summed E-state index contributed by atoms with van der Waals surface area (Å²) >= 11 is 0. The second kappa shape index (κ2) is 10.5. The molecule has 0 bridgehead atoms. The van der Waals surface area contributed by atoms with Gasteiger partial charge in [-0.2, -0.15) is 0 Å². The zero-order chi connectivity index (χ0) is 25.0. The third-order valence-electron chi connectivity index (χ3n) is 5.93. The molecule has 180 valence electrons. The third kappa shape index (κ3) is 5.41. The topological polar surface area (TPSA) is 115 Å². The second-order valence-electron chi connectivity index (χ2n) is 8.41. The molecule has 2 heterocycles. The van der Waals surface area contributed by atoms with Gasteiger partial charge in [0.05, 0.1) is 16.6 Å². The van der Waals surface area contributed by atoms with E-state index in [1.807, 2.05) is 45.9 Å². The first kappa shape index (κ1) is 24.9. The van der Waals surface area contributed by atoms with E-state index >= 15 is 0 Å². The number of hydrogen-bond acceptors (Lipinski definition) is 7. The lowest BCUT2D eigenvalue weighted by Crippen LogP contribution is -2.45. The summed E-state index contributed by atoms with van der Waals surface area (Å²) in [5, 5.41) is 7.18. The van der Waals surface area contributed by atoms with E-state index in [9.17, 15) is 14.4 Å². The fourth-order valence-electron chi connectivity index (χ4n) is 3.61. The lowest BCUT2D eigenvalue weighted by atomic mass is 10.1. The number of amides is 2. The van der Waals surface area contributed by atoms with Gasteiger partial charge in [-0.25, -0.2) is 9.78 Å². The van der Waals surface area contributed by atoms with Gasteiger partial charge in [-0.1, -0.05) is 24.2 Å². The van der Waals surface area contributed by atoms with Crippen molar-refractivity contribution >= 4 is 34.6 Å². The van der Waals surface area contributed by atoms with Gasteiger partial charge >= 0.3 is 5.97 Å². The lowest BCUT2D eigenvalue weighted by molar-refractivity contribution is -0.139. The Hall–Kier alpha value is -3.75. The molecule has 9 heteroatoms. The number of ether oxygens (including phenoxy) is 1. The van der Waals surface area contributed by atoms with Crippen molar-refractivity contribution in [2.75, 3.05) is 18.5 Å². The first-order valence-corrected chi connectivity index (χ1v) is 11.2. The molecule has 0 saturated carbocycles. The van der Waals surface area contributed by atoms with Crippen LogP contribution in [0.5, 0.6) is 0 Å². The first-order valence-electron chi connectivity index (χ1n) is 11.2. The van der Waals surface area contributed by atoms with E-state index in [1.54, 1.807) is 19.9 Å². The number of esters is 1. The molecule has 0 aliphatic carbocycles. The SMILES string of the molecule is CC[C@@H](C)N(CC(=O)Nc1cccc(C)c1C)C(=O)COC(=O)c1cc(C)nc2onc(C)c12. The highest BCUT2D eigenvalue weighted by molar-refractivity contribution is 6.04. The Bertz CT molecular complexity index is 1230. The first-order chi connectivity index (χ1) is 16.1. The molecule has 0 saturated heterocycles. The minimum atomic E-state index is -0.681. The van der Waals surface area contributed by atoms with Crippen molar-refractivity contribution in [2.45, 2.75) is 54.0 Å². The van der Waals surface area contributed by atoms with Crippen LogP contribution in [0.2, 0.25) is 0 Å². The number of aryl methyl sites for hydroxylation is 3. The highest BCUT2D eigenvalue weighted by Crippen LogP contribution is 2.23. The van der Waals surface area contributed by atoms with Crippen LogP contribution in [0.15, 0.2) is 28.8 Å². The van der Waals surface area contributed by atoms with Crippen LogP contribution in [0, 0.1) is 27.7 Å². The standard InChI is InChI=1S/C25H30N4O5/c1-7-16(4)29(12-21(30)27-20-10-8-9-14(2)17(20)5)22(31)13-33-25(32)19-11-15(3)26-24-23(19)18(6)28-34-24/h8-11,16H,7,12-13H2,1-6H3,(H,27,30)/t16-/m1/s1. The number of aromatic nitrogens is 2. The Morgan fingerprint density at radius 2 is 1.91 bits per heavy atom. The van der Waals surface area contributed by atoms with E-state index in [4.69, 9.17) is 9.26 Å². The average Bonchev–Trinajstić information content (AvgIpc) is 3.17. The third-order valence-corrected chi connectivity index (χ3v) is 5.93. The summed E-state index contributed by atoms with van der Waals surface area (Å²) < 4.78 is 10.5. The predicted octanol–water partition coefficient (Wildman–Crippen LogP) is 3.88. The fraction of sp³-hybridized carbons (Fsp3) is 0.400. The molecule has 0 aliphatic rings. The van der Waals surface area contributed by atoms with E-state index < -0.39 is 18.5 Å². The smallest absolute Gasteiger partial charge is 0.339 e. The lowest BCUT2D eigenvalue weighted by Gasteiger charge is -2.28. The number of benzene rings is 1. The Kier molecular flexibility index (Phi) is 7.65. The maximum Gasteiger partial charge on any atom is 0.339 e. The van der Waals surface area contributed by atoms with Gasteiger partial charge in [0, 0.05) is 17.4 Å². The van der Waals surface area contributed by atoms with Crippen molar-refractivity contribution in [1.82, 2.24) is 15.0 Å². The molecule has 2 amide bonds. The minimum absolute atomic E-state index is 0.151. The van der Waals surface area contributed by atoms with Crippen LogP contribution < -0.4 is 5.32 Å². The van der Waals surface area contributed by atoms with Crippen molar-refractivity contribution in [3.05, 3.63) is 52.3 Å². The van der Waals surface area contributed by atoms with Gasteiger partial charge in [0.15, 0.2) is 6.61 Å². The summed E-state index contributed by atoms with van der Waals surface area (Å²) in [5.74, 6) is -1.46. The molecule has 9 nitrogen and oxygen atoms in total. The molecular formula is C25H30N4O5. The number of fused-ring (bicyclic) bond motifs is 1. The van der Waals surface area contributed by atoms with Gasteiger partial charge in [0.1, 0.15) is 6.54 Å². The maximum absolute atomic E-state index is 13.0. The molecule has 0 fully saturated rings. The van der Waals surface area contributed by atoms with E-state index in [-0.39, 0.29) is 29.8 Å². The summed E-state index contributed by atoms with van der Waals surface area (Å²) in [6.07, 6.45) is 0.639. The van der Waals surface area contributed by atoms with Gasteiger partial charge in [0.25, 0.3) is 11.6 Å². The van der Waals surface area contributed by atoms with Crippen molar-refractivity contribution < 1.29 is 23.6 Å². The molecule has 34 heavy (non-hydrogen) atoms. The van der Waals surface area contributed by atoms with Crippen LogP contribution in [0.4, 0.5) is 5.69 Å². The number of hydrogen-bond donors (Lipinski definition) is 1. The molecular weight excluding hydrogens is 436 g/mol. The van der Waals surface area contributed by atoms with Crippen LogP contribution in [0.1, 0.15) is 53.1 Å². The van der Waals surface area contributed by atoms with Crippen LogP contribution >= 0.6 is 0 Å². The Morgan fingerprint density at radius 3 is 2.62 bits per heavy atom. The number of carbonyl (C=O) groups is 3.